The van der Waals surface area contributed by atoms with Crippen molar-refractivity contribution in [1.29, 1.82) is 0 Å². The van der Waals surface area contributed by atoms with Gasteiger partial charge in [-0.05, 0) is 25.1 Å². The number of carbonyl (C=O) groups is 1. The van der Waals surface area contributed by atoms with Crippen LogP contribution in [0.2, 0.25) is 0 Å². The molecule has 1 rings (SSSR count). The van der Waals surface area contributed by atoms with Crippen LogP contribution in [-0.2, 0) is 10.0 Å². The van der Waals surface area contributed by atoms with Gasteiger partial charge in [-0.3, -0.25) is 4.79 Å². The van der Waals surface area contributed by atoms with E-state index in [1.54, 1.807) is 13.8 Å². The number of aliphatic hydroxyl groups excluding tert-OH is 1. The maximum atomic E-state index is 11.8. The maximum absolute atomic E-state index is 11.8. The van der Waals surface area contributed by atoms with Crippen molar-refractivity contribution in [3.63, 3.8) is 0 Å². The Labute approximate surface area is 112 Å². The minimum atomic E-state index is -3.58. The summed E-state index contributed by atoms with van der Waals surface area (Å²) in [4.78, 5) is 11.8. The molecule has 1 aromatic carbocycles. The molecule has 0 heterocycles. The molecule has 19 heavy (non-hydrogen) atoms. The fraction of sp³-hybridized carbons (Fsp3) is 0.417. The lowest BCUT2D eigenvalue weighted by atomic mass is 10.2. The fourth-order valence-corrected chi connectivity index (χ4v) is 2.51. The van der Waals surface area contributed by atoms with Crippen molar-refractivity contribution in [1.82, 2.24) is 10.0 Å². The van der Waals surface area contributed by atoms with Crippen LogP contribution in [-0.4, -0.2) is 38.6 Å². The molecular weight excluding hydrogens is 268 g/mol. The molecule has 3 N–H and O–H groups in total. The highest BCUT2D eigenvalue weighted by molar-refractivity contribution is 7.89. The smallest absolute Gasteiger partial charge is 0.251 e. The summed E-state index contributed by atoms with van der Waals surface area (Å²) >= 11 is 0. The summed E-state index contributed by atoms with van der Waals surface area (Å²) < 4.78 is 25.9. The summed E-state index contributed by atoms with van der Waals surface area (Å²) in [5, 5.41) is 11.6. The van der Waals surface area contributed by atoms with Crippen LogP contribution < -0.4 is 10.0 Å². The van der Waals surface area contributed by atoms with E-state index in [0.29, 0.717) is 0 Å². The number of hydrogen-bond acceptors (Lipinski definition) is 4. The molecule has 6 nitrogen and oxygen atoms in total. The van der Waals surface area contributed by atoms with Gasteiger partial charge in [-0.1, -0.05) is 13.0 Å². The van der Waals surface area contributed by atoms with Gasteiger partial charge in [0.2, 0.25) is 10.0 Å². The second-order valence-corrected chi connectivity index (χ2v) is 5.86. The minimum Gasteiger partial charge on any atom is -0.392 e. The average Bonchev–Trinajstić information content (AvgIpc) is 2.36. The Morgan fingerprint density at radius 1 is 1.42 bits per heavy atom. The second-order valence-electron chi connectivity index (χ2n) is 4.09. The first-order valence-corrected chi connectivity index (χ1v) is 7.41. The van der Waals surface area contributed by atoms with E-state index >= 15 is 0 Å². The van der Waals surface area contributed by atoms with Crippen LogP contribution in [0.3, 0.4) is 0 Å². The SMILES string of the molecule is CCNS(=O)(=O)c1cccc(C(=O)NCC(C)O)c1. The van der Waals surface area contributed by atoms with Crippen molar-refractivity contribution >= 4 is 15.9 Å². The lowest BCUT2D eigenvalue weighted by molar-refractivity contribution is 0.0924. The van der Waals surface area contributed by atoms with Crippen LogP contribution in [0.5, 0.6) is 0 Å². The predicted octanol–water partition coefficient (Wildman–Crippen LogP) is 0.0954. The number of amides is 1. The Kier molecular flexibility index (Phi) is 5.46. The molecule has 1 amide bonds. The van der Waals surface area contributed by atoms with Gasteiger partial charge in [-0.2, -0.15) is 0 Å². The van der Waals surface area contributed by atoms with Gasteiger partial charge >= 0.3 is 0 Å². The molecule has 1 atom stereocenters. The molecule has 0 aliphatic rings. The molecule has 0 aliphatic carbocycles. The van der Waals surface area contributed by atoms with Crippen LogP contribution in [0.1, 0.15) is 24.2 Å². The van der Waals surface area contributed by atoms with Gasteiger partial charge < -0.3 is 10.4 Å². The first kappa shape index (κ1) is 15.6. The zero-order chi connectivity index (χ0) is 14.5. The number of aliphatic hydroxyl groups is 1. The summed E-state index contributed by atoms with van der Waals surface area (Å²) in [6, 6.07) is 5.74. The van der Waals surface area contributed by atoms with Crippen LogP contribution in [0.4, 0.5) is 0 Å². The van der Waals surface area contributed by atoms with Crippen LogP contribution in [0, 0.1) is 0 Å². The first-order valence-electron chi connectivity index (χ1n) is 5.93. The largest absolute Gasteiger partial charge is 0.392 e. The maximum Gasteiger partial charge on any atom is 0.251 e. The highest BCUT2D eigenvalue weighted by Crippen LogP contribution is 2.11. The van der Waals surface area contributed by atoms with Crippen molar-refractivity contribution in [2.75, 3.05) is 13.1 Å². The van der Waals surface area contributed by atoms with E-state index in [4.69, 9.17) is 5.11 Å². The van der Waals surface area contributed by atoms with Crippen LogP contribution in [0.25, 0.3) is 0 Å². The third-order valence-corrected chi connectivity index (χ3v) is 3.84. The van der Waals surface area contributed by atoms with E-state index in [9.17, 15) is 13.2 Å². The number of hydrogen-bond donors (Lipinski definition) is 3. The van der Waals surface area contributed by atoms with Crippen molar-refractivity contribution < 1.29 is 18.3 Å². The fourth-order valence-electron chi connectivity index (χ4n) is 1.42. The van der Waals surface area contributed by atoms with Gasteiger partial charge in [-0.15, -0.1) is 0 Å². The molecule has 0 bridgehead atoms. The molecule has 0 aromatic heterocycles. The topological polar surface area (TPSA) is 95.5 Å². The molecule has 0 spiro atoms. The van der Waals surface area contributed by atoms with Crippen molar-refractivity contribution in [2.24, 2.45) is 0 Å². The molecule has 1 aromatic rings. The van der Waals surface area contributed by atoms with Crippen molar-refractivity contribution in [3.05, 3.63) is 29.8 Å². The number of rotatable bonds is 6. The predicted molar refractivity (Wildman–Crippen MR) is 71.3 cm³/mol. The van der Waals surface area contributed by atoms with Gasteiger partial charge in [0.05, 0.1) is 11.0 Å². The van der Waals surface area contributed by atoms with E-state index < -0.39 is 22.0 Å². The Morgan fingerprint density at radius 3 is 2.68 bits per heavy atom. The Bertz CT molecular complexity index is 540. The van der Waals surface area contributed by atoms with Gasteiger partial charge in [-0.25, -0.2) is 13.1 Å². The standard InChI is InChI=1S/C12H18N2O4S/c1-3-14-19(17,18)11-6-4-5-10(7-11)12(16)13-8-9(2)15/h4-7,9,14-15H,3,8H2,1-2H3,(H,13,16). The lowest BCUT2D eigenvalue weighted by Gasteiger charge is -2.09. The normalized spacial score (nSPS) is 13.0. The summed E-state index contributed by atoms with van der Waals surface area (Å²) in [5.74, 6) is -0.422. The molecule has 0 radical (unpaired) electrons. The minimum absolute atomic E-state index is 0.0408. The molecular formula is C12H18N2O4S. The summed E-state index contributed by atoms with van der Waals surface area (Å²) in [5.41, 5.74) is 0.236. The third-order valence-electron chi connectivity index (χ3n) is 2.30. The number of benzene rings is 1. The van der Waals surface area contributed by atoms with Crippen molar-refractivity contribution in [3.8, 4) is 0 Å². The highest BCUT2D eigenvalue weighted by atomic mass is 32.2. The third kappa shape index (κ3) is 4.62. The molecule has 7 heteroatoms. The van der Waals surface area contributed by atoms with Crippen LogP contribution in [0.15, 0.2) is 29.2 Å². The van der Waals surface area contributed by atoms with Crippen LogP contribution >= 0.6 is 0 Å². The monoisotopic (exact) mass is 286 g/mol. The average molecular weight is 286 g/mol. The van der Waals surface area contributed by atoms with Crippen molar-refractivity contribution in [2.45, 2.75) is 24.8 Å². The van der Waals surface area contributed by atoms with E-state index in [1.807, 2.05) is 0 Å². The number of nitrogens with one attached hydrogen (secondary N) is 2. The number of carbonyl (C=O) groups excluding carboxylic acids is 1. The molecule has 106 valence electrons. The summed E-state index contributed by atoms with van der Waals surface area (Å²) in [6.45, 7) is 3.62. The van der Waals surface area contributed by atoms with Gasteiger partial charge in [0.25, 0.3) is 5.91 Å². The van der Waals surface area contributed by atoms with E-state index in [0.717, 1.165) is 0 Å². The zero-order valence-electron chi connectivity index (χ0n) is 10.9. The lowest BCUT2D eigenvalue weighted by Crippen LogP contribution is -2.30. The Morgan fingerprint density at radius 2 is 2.11 bits per heavy atom. The summed E-state index contributed by atoms with van der Waals surface area (Å²) in [7, 11) is -3.58. The summed E-state index contributed by atoms with van der Waals surface area (Å²) in [6.07, 6.45) is -0.655. The molecule has 0 aliphatic heterocycles. The number of sulfonamides is 1. The molecule has 0 saturated heterocycles. The highest BCUT2D eigenvalue weighted by Gasteiger charge is 2.15. The van der Waals surface area contributed by atoms with Gasteiger partial charge in [0, 0.05) is 18.7 Å². The quantitative estimate of drug-likeness (QED) is 0.691. The Hall–Kier alpha value is -1.44. The Balaban J connectivity index is 2.91. The molecule has 0 saturated carbocycles. The van der Waals surface area contributed by atoms with E-state index in [2.05, 4.69) is 10.0 Å². The molecule has 1 unspecified atom stereocenters. The van der Waals surface area contributed by atoms with E-state index in [1.165, 1.54) is 24.3 Å². The zero-order valence-corrected chi connectivity index (χ0v) is 11.7. The molecule has 0 fully saturated rings. The van der Waals surface area contributed by atoms with Gasteiger partial charge in [0.15, 0.2) is 0 Å². The second kappa shape index (κ2) is 6.65. The van der Waals surface area contributed by atoms with Gasteiger partial charge in [0.1, 0.15) is 0 Å². The first-order chi connectivity index (χ1) is 8.86. The van der Waals surface area contributed by atoms with E-state index in [-0.39, 0.29) is 23.5 Å².